The van der Waals surface area contributed by atoms with Crippen molar-refractivity contribution in [1.29, 1.82) is 0 Å². The molecule has 37 heavy (non-hydrogen) atoms. The van der Waals surface area contributed by atoms with Gasteiger partial charge in [-0.25, -0.2) is 4.98 Å². The van der Waals surface area contributed by atoms with Crippen molar-refractivity contribution in [2.75, 3.05) is 19.5 Å². The second kappa shape index (κ2) is 9.91. The van der Waals surface area contributed by atoms with E-state index in [-0.39, 0.29) is 16.8 Å². The SMILES string of the molecule is COc1ccc([C@@H]2C3=C(CC(C)(C)CC3=O)Nc3nc(SCc4ccc(Cl)cc4)[nH]c(=O)c32)cc1OC. The first-order chi connectivity index (χ1) is 17.7. The van der Waals surface area contributed by atoms with E-state index in [1.807, 2.05) is 36.4 Å². The number of ether oxygens (including phenoxy) is 2. The van der Waals surface area contributed by atoms with Gasteiger partial charge in [-0.2, -0.15) is 0 Å². The van der Waals surface area contributed by atoms with Crippen molar-refractivity contribution in [2.24, 2.45) is 5.41 Å². The Labute approximate surface area is 224 Å². The number of hydrogen-bond acceptors (Lipinski definition) is 7. The molecule has 2 heterocycles. The zero-order valence-electron chi connectivity index (χ0n) is 21.1. The van der Waals surface area contributed by atoms with Crippen molar-refractivity contribution >= 4 is 35.0 Å². The van der Waals surface area contributed by atoms with Crippen LogP contribution in [0.15, 0.2) is 63.7 Å². The lowest BCUT2D eigenvalue weighted by Gasteiger charge is -2.38. The molecule has 1 atom stereocenters. The van der Waals surface area contributed by atoms with Gasteiger partial charge >= 0.3 is 0 Å². The van der Waals surface area contributed by atoms with Gasteiger partial charge in [-0.1, -0.05) is 55.4 Å². The topological polar surface area (TPSA) is 93.3 Å². The normalized spacial score (nSPS) is 18.1. The summed E-state index contributed by atoms with van der Waals surface area (Å²) in [6, 6.07) is 13.1. The fourth-order valence-corrected chi connectivity index (χ4v) is 6.00. The number of benzene rings is 2. The van der Waals surface area contributed by atoms with E-state index in [0.717, 1.165) is 16.8 Å². The van der Waals surface area contributed by atoms with Crippen LogP contribution in [0.1, 0.15) is 49.3 Å². The van der Waals surface area contributed by atoms with Crippen LogP contribution in [0.3, 0.4) is 0 Å². The van der Waals surface area contributed by atoms with Gasteiger partial charge in [-0.3, -0.25) is 9.59 Å². The minimum atomic E-state index is -0.568. The Morgan fingerprint density at radius 1 is 1.05 bits per heavy atom. The largest absolute Gasteiger partial charge is 0.493 e. The van der Waals surface area contributed by atoms with Crippen molar-refractivity contribution in [1.82, 2.24) is 9.97 Å². The molecule has 0 saturated heterocycles. The maximum atomic E-state index is 13.6. The van der Waals surface area contributed by atoms with Crippen molar-refractivity contribution in [3.05, 3.63) is 85.8 Å². The maximum Gasteiger partial charge on any atom is 0.257 e. The van der Waals surface area contributed by atoms with E-state index in [1.165, 1.54) is 11.8 Å². The highest BCUT2D eigenvalue weighted by Gasteiger charge is 2.42. The van der Waals surface area contributed by atoms with Crippen LogP contribution in [0.25, 0.3) is 0 Å². The molecule has 0 radical (unpaired) electrons. The Hall–Kier alpha value is -3.23. The fraction of sp³-hybridized carbons (Fsp3) is 0.321. The molecule has 3 aromatic rings. The van der Waals surface area contributed by atoms with Gasteiger partial charge < -0.3 is 19.8 Å². The molecule has 5 rings (SSSR count). The smallest absolute Gasteiger partial charge is 0.257 e. The van der Waals surface area contributed by atoms with Crippen LogP contribution < -0.4 is 20.3 Å². The van der Waals surface area contributed by atoms with Crippen molar-refractivity contribution in [3.8, 4) is 11.5 Å². The summed E-state index contributed by atoms with van der Waals surface area (Å²) in [6.45, 7) is 4.16. The number of halogens is 1. The number of methoxy groups -OCH3 is 2. The number of aromatic nitrogens is 2. The van der Waals surface area contributed by atoms with Crippen molar-refractivity contribution in [3.63, 3.8) is 0 Å². The molecule has 1 aliphatic heterocycles. The Bertz CT molecular complexity index is 1460. The predicted octanol–water partition coefficient (Wildman–Crippen LogP) is 5.93. The van der Waals surface area contributed by atoms with E-state index in [9.17, 15) is 9.59 Å². The van der Waals surface area contributed by atoms with Gasteiger partial charge in [-0.05, 0) is 47.2 Å². The van der Waals surface area contributed by atoms with Crippen molar-refractivity contribution < 1.29 is 14.3 Å². The zero-order valence-corrected chi connectivity index (χ0v) is 22.7. The monoisotopic (exact) mass is 537 g/mol. The third-order valence-corrected chi connectivity index (χ3v) is 7.93. The number of rotatable bonds is 6. The third-order valence-electron chi connectivity index (χ3n) is 6.73. The van der Waals surface area contributed by atoms with E-state index in [4.69, 9.17) is 26.1 Å². The number of Topliss-reactive ketones (excluding diaryl/α,β-unsaturated/α-hetero) is 1. The predicted molar refractivity (Wildman–Crippen MR) is 146 cm³/mol. The Morgan fingerprint density at radius 2 is 1.78 bits per heavy atom. The van der Waals surface area contributed by atoms with Gasteiger partial charge in [0.25, 0.3) is 5.56 Å². The van der Waals surface area contributed by atoms with Crippen LogP contribution >= 0.6 is 23.4 Å². The fourth-order valence-electron chi connectivity index (χ4n) is 5.06. The number of fused-ring (bicyclic) bond motifs is 1. The second-order valence-electron chi connectivity index (χ2n) is 10.1. The van der Waals surface area contributed by atoms with E-state index in [2.05, 4.69) is 24.1 Å². The summed E-state index contributed by atoms with van der Waals surface area (Å²) in [4.78, 5) is 34.8. The number of nitrogens with zero attached hydrogens (tertiary/aromatic N) is 1. The number of aromatic amines is 1. The van der Waals surface area contributed by atoms with E-state index in [0.29, 0.717) is 57.2 Å². The average Bonchev–Trinajstić information content (AvgIpc) is 2.86. The standard InChI is InChI=1S/C28H28ClN3O4S/c1-28(2)12-18-23(19(33)13-28)22(16-7-10-20(35-3)21(11-16)36-4)24-25(30-18)31-27(32-26(24)34)37-14-15-5-8-17(29)9-6-15/h5-11,22H,12-14H2,1-4H3,(H2,30,31,32,34)/t22-/m1/s1. The summed E-state index contributed by atoms with van der Waals surface area (Å²) < 4.78 is 10.9. The lowest BCUT2D eigenvalue weighted by molar-refractivity contribution is -0.118. The number of anilines is 1. The molecule has 9 heteroatoms. The number of nitrogens with one attached hydrogen (secondary N) is 2. The molecule has 192 valence electrons. The molecule has 2 aliphatic rings. The highest BCUT2D eigenvalue weighted by atomic mass is 35.5. The molecule has 0 fully saturated rings. The number of thioether (sulfide) groups is 1. The van der Waals surface area contributed by atoms with Gasteiger partial charge in [0, 0.05) is 34.4 Å². The number of hydrogen-bond donors (Lipinski definition) is 2. The lowest BCUT2D eigenvalue weighted by atomic mass is 9.69. The highest BCUT2D eigenvalue weighted by Crippen LogP contribution is 2.48. The molecule has 1 aliphatic carbocycles. The number of ketones is 1. The average molecular weight is 538 g/mol. The molecule has 2 N–H and O–H groups in total. The molecule has 2 aromatic carbocycles. The van der Waals surface area contributed by atoms with Crippen LogP contribution in [-0.2, 0) is 10.5 Å². The Morgan fingerprint density at radius 3 is 2.49 bits per heavy atom. The minimum absolute atomic E-state index is 0.0322. The first kappa shape index (κ1) is 25.4. The van der Waals surface area contributed by atoms with Gasteiger partial charge in [0.15, 0.2) is 22.4 Å². The number of allylic oxidation sites excluding steroid dienone is 2. The quantitative estimate of drug-likeness (QED) is 0.297. The van der Waals surface area contributed by atoms with Crippen LogP contribution in [0.4, 0.5) is 5.82 Å². The Kier molecular flexibility index (Phi) is 6.81. The number of H-pyrrole nitrogens is 1. The zero-order chi connectivity index (χ0) is 26.3. The van der Waals surface area contributed by atoms with Gasteiger partial charge in [0.1, 0.15) is 5.82 Å². The molecular formula is C28H28ClN3O4S. The first-order valence-electron chi connectivity index (χ1n) is 12.0. The van der Waals surface area contributed by atoms with Crippen molar-refractivity contribution in [2.45, 2.75) is 43.5 Å². The van der Waals surface area contributed by atoms with Gasteiger partial charge in [-0.15, -0.1) is 0 Å². The van der Waals surface area contributed by atoms with Crippen LogP contribution in [-0.4, -0.2) is 30.0 Å². The van der Waals surface area contributed by atoms with Crippen LogP contribution in [0.2, 0.25) is 5.02 Å². The Balaban J connectivity index is 1.60. The molecule has 0 bridgehead atoms. The van der Waals surface area contributed by atoms with E-state index < -0.39 is 5.92 Å². The maximum absolute atomic E-state index is 13.6. The summed E-state index contributed by atoms with van der Waals surface area (Å²) in [5.74, 6) is 1.67. The summed E-state index contributed by atoms with van der Waals surface area (Å²) in [7, 11) is 3.14. The van der Waals surface area contributed by atoms with E-state index >= 15 is 0 Å². The molecule has 0 unspecified atom stereocenters. The summed E-state index contributed by atoms with van der Waals surface area (Å²) in [5, 5.41) is 4.54. The van der Waals surface area contributed by atoms with Gasteiger partial charge in [0.2, 0.25) is 0 Å². The van der Waals surface area contributed by atoms with Gasteiger partial charge in [0.05, 0.1) is 19.8 Å². The summed E-state index contributed by atoms with van der Waals surface area (Å²) >= 11 is 7.43. The molecular weight excluding hydrogens is 510 g/mol. The van der Waals surface area contributed by atoms with E-state index in [1.54, 1.807) is 20.3 Å². The minimum Gasteiger partial charge on any atom is -0.493 e. The number of carbonyl (C=O) groups excluding carboxylic acids is 1. The third kappa shape index (κ3) is 5.00. The van der Waals surface area contributed by atoms with Crippen LogP contribution in [0.5, 0.6) is 11.5 Å². The lowest BCUT2D eigenvalue weighted by Crippen LogP contribution is -2.37. The summed E-state index contributed by atoms with van der Waals surface area (Å²) in [5.41, 5.74) is 3.23. The second-order valence-corrected chi connectivity index (χ2v) is 11.5. The highest BCUT2D eigenvalue weighted by molar-refractivity contribution is 7.98. The summed E-state index contributed by atoms with van der Waals surface area (Å²) in [6.07, 6.45) is 1.09. The molecule has 7 nitrogen and oxygen atoms in total. The molecule has 0 spiro atoms. The first-order valence-corrected chi connectivity index (χ1v) is 13.3. The molecule has 0 saturated carbocycles. The number of carbonyl (C=O) groups is 1. The molecule has 1 aromatic heterocycles. The molecule has 0 amide bonds. The van der Waals surface area contributed by atoms with Crippen LogP contribution in [0, 0.1) is 5.41 Å².